The lowest BCUT2D eigenvalue weighted by molar-refractivity contribution is -0.140. The van der Waals surface area contributed by atoms with E-state index in [1.807, 2.05) is 31.2 Å². The smallest absolute Gasteiger partial charge is 0.306 e. The molecule has 3 aromatic rings. The van der Waals surface area contributed by atoms with Crippen molar-refractivity contribution in [2.75, 3.05) is 25.2 Å². The van der Waals surface area contributed by atoms with Crippen molar-refractivity contribution in [3.05, 3.63) is 82.9 Å². The van der Waals surface area contributed by atoms with Gasteiger partial charge < -0.3 is 14.2 Å². The van der Waals surface area contributed by atoms with E-state index < -0.39 is 10.6 Å². The second-order valence-corrected chi connectivity index (χ2v) is 13.6. The molecule has 3 aromatic carbocycles. The quantitative estimate of drug-likeness (QED) is 0.260. The van der Waals surface area contributed by atoms with E-state index in [4.69, 9.17) is 14.2 Å². The second-order valence-electron chi connectivity index (χ2n) is 11.2. The number of benzene rings is 3. The van der Waals surface area contributed by atoms with Gasteiger partial charge in [0.25, 0.3) is 0 Å². The summed E-state index contributed by atoms with van der Waals surface area (Å²) in [5.74, 6) is 2.95. The SMILES string of the molecule is COC(=O)CC(C)c1ccc(OCc2ccc3c(c2)-c2ccc(OCC4CCS(O)(O)CC4)cc2CCC3)cc1. The van der Waals surface area contributed by atoms with Gasteiger partial charge >= 0.3 is 5.97 Å². The lowest BCUT2D eigenvalue weighted by atomic mass is 9.95. The van der Waals surface area contributed by atoms with Gasteiger partial charge in [0.2, 0.25) is 0 Å². The van der Waals surface area contributed by atoms with Crippen LogP contribution in [0.3, 0.4) is 0 Å². The maximum atomic E-state index is 11.6. The van der Waals surface area contributed by atoms with E-state index in [-0.39, 0.29) is 11.9 Å². The van der Waals surface area contributed by atoms with Crippen LogP contribution in [0.15, 0.2) is 60.7 Å². The van der Waals surface area contributed by atoms with Gasteiger partial charge in [-0.3, -0.25) is 13.9 Å². The minimum absolute atomic E-state index is 0.0908. The molecule has 2 N–H and O–H groups in total. The number of carbonyl (C=O) groups excluding carboxylic acids is 1. The molecule has 0 saturated carbocycles. The fourth-order valence-corrected chi connectivity index (χ4v) is 7.26. The van der Waals surface area contributed by atoms with E-state index in [0.717, 1.165) is 54.7 Å². The third-order valence-corrected chi connectivity index (χ3v) is 9.96. The van der Waals surface area contributed by atoms with Gasteiger partial charge in [0.1, 0.15) is 18.1 Å². The lowest BCUT2D eigenvalue weighted by Crippen LogP contribution is -2.24. The van der Waals surface area contributed by atoms with E-state index in [2.05, 4.69) is 36.4 Å². The van der Waals surface area contributed by atoms with Crippen LogP contribution in [0.1, 0.15) is 60.8 Å². The summed E-state index contributed by atoms with van der Waals surface area (Å²) in [5.41, 5.74) is 7.41. The molecule has 1 atom stereocenters. The van der Waals surface area contributed by atoms with Gasteiger partial charge in [0.15, 0.2) is 0 Å². The number of methoxy groups -OCH3 is 1. The summed E-state index contributed by atoms with van der Waals surface area (Å²) in [4.78, 5) is 11.6. The fraction of sp³-hybridized carbons (Fsp3) is 0.424. The Balaban J connectivity index is 1.23. The van der Waals surface area contributed by atoms with Crippen molar-refractivity contribution < 1.29 is 28.1 Å². The van der Waals surface area contributed by atoms with Gasteiger partial charge in [-0.2, -0.15) is 10.6 Å². The highest BCUT2D eigenvalue weighted by atomic mass is 32.3. The Bertz CT molecular complexity index is 1310. The van der Waals surface area contributed by atoms with Crippen LogP contribution >= 0.6 is 10.6 Å². The Labute approximate surface area is 239 Å². The van der Waals surface area contributed by atoms with Gasteiger partial charge in [-0.25, -0.2) is 0 Å². The number of rotatable bonds is 9. The molecule has 5 rings (SSSR count). The zero-order valence-corrected chi connectivity index (χ0v) is 24.3. The lowest BCUT2D eigenvalue weighted by Gasteiger charge is -2.39. The molecule has 0 radical (unpaired) electrons. The molecule has 1 aliphatic carbocycles. The molecule has 214 valence electrons. The summed E-state index contributed by atoms with van der Waals surface area (Å²) in [6.07, 6.45) is 5.13. The Morgan fingerprint density at radius 2 is 1.62 bits per heavy atom. The Morgan fingerprint density at radius 1 is 0.900 bits per heavy atom. The van der Waals surface area contributed by atoms with Crippen LogP contribution in [0.2, 0.25) is 0 Å². The summed E-state index contributed by atoms with van der Waals surface area (Å²) >= 11 is 0. The molecule has 0 bridgehead atoms. The monoisotopic (exact) mass is 564 g/mol. The maximum absolute atomic E-state index is 11.6. The summed E-state index contributed by atoms with van der Waals surface area (Å²) < 4.78 is 36.8. The second kappa shape index (κ2) is 12.7. The molecule has 1 aliphatic heterocycles. The Hall–Kier alpha value is -3.00. The van der Waals surface area contributed by atoms with Crippen LogP contribution in [0.4, 0.5) is 0 Å². The Kier molecular flexibility index (Phi) is 9.03. The summed E-state index contributed by atoms with van der Waals surface area (Å²) in [5, 5.41) is 0. The van der Waals surface area contributed by atoms with E-state index in [9.17, 15) is 13.9 Å². The molecular weight excluding hydrogens is 524 g/mol. The normalized spacial score (nSPS) is 18.0. The predicted octanol–water partition coefficient (Wildman–Crippen LogP) is 7.63. The van der Waals surface area contributed by atoms with Crippen LogP contribution in [0, 0.1) is 5.92 Å². The van der Waals surface area contributed by atoms with E-state index >= 15 is 0 Å². The molecule has 1 unspecified atom stereocenters. The van der Waals surface area contributed by atoms with Crippen LogP contribution < -0.4 is 9.47 Å². The Morgan fingerprint density at radius 3 is 2.38 bits per heavy atom. The number of carbonyl (C=O) groups is 1. The average molecular weight is 565 g/mol. The molecule has 0 amide bonds. The zero-order valence-electron chi connectivity index (χ0n) is 23.4. The van der Waals surface area contributed by atoms with Gasteiger partial charge in [-0.1, -0.05) is 37.3 Å². The largest absolute Gasteiger partial charge is 0.493 e. The van der Waals surface area contributed by atoms with Gasteiger partial charge in [-0.15, -0.1) is 0 Å². The molecular formula is C33H40O6S. The molecule has 2 aliphatic rings. The van der Waals surface area contributed by atoms with Crippen molar-refractivity contribution in [3.8, 4) is 22.6 Å². The molecule has 7 heteroatoms. The van der Waals surface area contributed by atoms with Crippen LogP contribution in [0.5, 0.6) is 11.5 Å². The summed E-state index contributed by atoms with van der Waals surface area (Å²) in [7, 11) is -0.939. The van der Waals surface area contributed by atoms with E-state index in [0.29, 0.717) is 37.1 Å². The van der Waals surface area contributed by atoms with Crippen molar-refractivity contribution >= 4 is 16.6 Å². The van der Waals surface area contributed by atoms with E-state index in [1.54, 1.807) is 0 Å². The standard InChI is InChI=1S/C33H40O6S/c1-23(18-33(34)37-2)26-8-10-29(11-9-26)38-22-25-6-7-27-4-3-5-28-20-30(12-13-31(28)32(27)19-25)39-21-24-14-16-40(35,36)17-15-24/h6-13,19-20,23-24,35-36H,3-5,14-18,21-22H2,1-2H3. The first-order valence-corrected chi connectivity index (χ1v) is 16.1. The van der Waals surface area contributed by atoms with Crippen LogP contribution in [-0.4, -0.2) is 40.3 Å². The number of hydrogen-bond acceptors (Lipinski definition) is 6. The van der Waals surface area contributed by atoms with Crippen LogP contribution in [-0.2, 0) is 29.0 Å². The summed E-state index contributed by atoms with van der Waals surface area (Å²) in [6, 6.07) is 21.0. The van der Waals surface area contributed by atoms with Gasteiger partial charge in [-0.05, 0) is 108 Å². The first kappa shape index (κ1) is 28.5. The number of hydrogen-bond donors (Lipinski definition) is 2. The average Bonchev–Trinajstić information content (AvgIpc) is 3.14. The minimum atomic E-state index is -2.36. The number of aryl methyl sites for hydroxylation is 2. The van der Waals surface area contributed by atoms with E-state index in [1.165, 1.54) is 29.4 Å². The fourth-order valence-electron chi connectivity index (χ4n) is 5.63. The molecule has 1 saturated heterocycles. The molecule has 6 nitrogen and oxygen atoms in total. The molecule has 1 fully saturated rings. The molecule has 0 aromatic heterocycles. The maximum Gasteiger partial charge on any atom is 0.306 e. The van der Waals surface area contributed by atoms with Gasteiger partial charge in [0.05, 0.1) is 20.1 Å². The topological polar surface area (TPSA) is 85.2 Å². The predicted molar refractivity (Wildman–Crippen MR) is 161 cm³/mol. The molecule has 0 spiro atoms. The number of ether oxygens (including phenoxy) is 3. The van der Waals surface area contributed by atoms with Crippen molar-refractivity contribution in [2.24, 2.45) is 5.92 Å². The first-order valence-electron chi connectivity index (χ1n) is 14.2. The number of esters is 1. The van der Waals surface area contributed by atoms with Crippen molar-refractivity contribution in [1.82, 2.24) is 0 Å². The first-order chi connectivity index (χ1) is 19.3. The number of fused-ring (bicyclic) bond motifs is 3. The van der Waals surface area contributed by atoms with Crippen LogP contribution in [0.25, 0.3) is 11.1 Å². The van der Waals surface area contributed by atoms with Crippen molar-refractivity contribution in [1.29, 1.82) is 0 Å². The van der Waals surface area contributed by atoms with Crippen molar-refractivity contribution in [3.63, 3.8) is 0 Å². The molecule has 1 heterocycles. The highest BCUT2D eigenvalue weighted by Gasteiger charge is 2.24. The zero-order chi connectivity index (χ0) is 28.1. The third-order valence-electron chi connectivity index (χ3n) is 8.18. The minimum Gasteiger partial charge on any atom is -0.493 e. The highest BCUT2D eigenvalue weighted by molar-refractivity contribution is 8.24. The third kappa shape index (κ3) is 7.19. The van der Waals surface area contributed by atoms with Crippen molar-refractivity contribution in [2.45, 2.75) is 58.0 Å². The van der Waals surface area contributed by atoms with Gasteiger partial charge in [0, 0.05) is 11.5 Å². The molecule has 40 heavy (non-hydrogen) atoms. The highest BCUT2D eigenvalue weighted by Crippen LogP contribution is 2.45. The summed E-state index contributed by atoms with van der Waals surface area (Å²) in [6.45, 7) is 3.12.